The van der Waals surface area contributed by atoms with Crippen molar-refractivity contribution in [1.82, 2.24) is 4.98 Å². The summed E-state index contributed by atoms with van der Waals surface area (Å²) in [6.45, 7) is 9.01. The number of alkyl halides is 3. The number of aromatic nitrogens is 1. The molecular weight excluding hydrogens is 457 g/mol. The molecule has 0 spiro atoms. The van der Waals surface area contributed by atoms with Crippen LogP contribution in [0, 0.1) is 12.8 Å². The van der Waals surface area contributed by atoms with Gasteiger partial charge in [-0.3, -0.25) is 0 Å². The van der Waals surface area contributed by atoms with Gasteiger partial charge in [-0.15, -0.1) is 0 Å². The van der Waals surface area contributed by atoms with Crippen LogP contribution < -0.4 is 4.99 Å². The van der Waals surface area contributed by atoms with E-state index in [9.17, 15) is 13.2 Å². The second kappa shape index (κ2) is 12.4. The number of halogens is 3. The summed E-state index contributed by atoms with van der Waals surface area (Å²) in [5.74, 6) is 0.539. The Morgan fingerprint density at radius 1 is 0.972 bits per heavy atom. The number of fused-ring (bicyclic) bond motifs is 1. The molecule has 1 aromatic heterocycles. The van der Waals surface area contributed by atoms with E-state index in [1.165, 1.54) is 17.5 Å². The minimum Gasteiger partial charge on any atom is -0.358 e. The first-order valence-electron chi connectivity index (χ1n) is 12.2. The first-order valence-corrected chi connectivity index (χ1v) is 12.2. The van der Waals surface area contributed by atoms with E-state index in [0.717, 1.165) is 47.1 Å². The zero-order chi connectivity index (χ0) is 26.1. The molecule has 2 nitrogen and oxygen atoms in total. The van der Waals surface area contributed by atoms with E-state index in [0.29, 0.717) is 11.5 Å². The number of hydrogen-bond donors (Lipinski definition) is 2. The summed E-state index contributed by atoms with van der Waals surface area (Å²) < 4.78 is 39.9. The maximum absolute atomic E-state index is 13.3. The number of allylic oxidation sites excluding steroid dienone is 7. The number of para-hydroxylation sites is 1. The largest absolute Gasteiger partial charge is 0.416 e. The summed E-state index contributed by atoms with van der Waals surface area (Å²) >= 11 is 0. The molecule has 0 atom stereocenters. The van der Waals surface area contributed by atoms with Crippen LogP contribution in [-0.4, -0.2) is 17.2 Å². The van der Waals surface area contributed by atoms with E-state index < -0.39 is 11.7 Å². The van der Waals surface area contributed by atoms with Crippen LogP contribution in [0.2, 0.25) is 0 Å². The van der Waals surface area contributed by atoms with Crippen molar-refractivity contribution in [2.75, 3.05) is 6.54 Å². The highest BCUT2D eigenvalue weighted by Crippen LogP contribution is 2.31. The highest BCUT2D eigenvalue weighted by Gasteiger charge is 2.30. The van der Waals surface area contributed by atoms with Crippen molar-refractivity contribution in [2.24, 2.45) is 5.92 Å². The highest BCUT2D eigenvalue weighted by molar-refractivity contribution is 6.20. The molecule has 0 radical (unpaired) electrons. The predicted molar refractivity (Wildman–Crippen MR) is 146 cm³/mol. The lowest BCUT2D eigenvalue weighted by molar-refractivity contribution is -0.457. The number of aromatic amines is 1. The van der Waals surface area contributed by atoms with Crippen LogP contribution in [0.15, 0.2) is 85.0 Å². The summed E-state index contributed by atoms with van der Waals surface area (Å²) in [4.78, 5) is 6.75. The summed E-state index contributed by atoms with van der Waals surface area (Å²) in [6.07, 6.45) is 10.1. The van der Waals surface area contributed by atoms with Gasteiger partial charge in [0.1, 0.15) is 6.54 Å². The van der Waals surface area contributed by atoms with Crippen molar-refractivity contribution < 1.29 is 18.2 Å². The third-order valence-electron chi connectivity index (χ3n) is 5.93. The zero-order valence-electron chi connectivity index (χ0n) is 21.3. The smallest absolute Gasteiger partial charge is 0.358 e. The van der Waals surface area contributed by atoms with Crippen LogP contribution in [-0.2, 0) is 6.18 Å². The average Bonchev–Trinajstić information content (AvgIpc) is 3.15. The van der Waals surface area contributed by atoms with Crippen molar-refractivity contribution in [2.45, 2.75) is 40.3 Å². The molecule has 0 saturated carbocycles. The zero-order valence-corrected chi connectivity index (χ0v) is 21.3. The topological polar surface area (TPSA) is 29.8 Å². The Labute approximate surface area is 211 Å². The first kappa shape index (κ1) is 27.0. The Morgan fingerprint density at radius 3 is 2.44 bits per heavy atom. The molecule has 5 heteroatoms. The quantitative estimate of drug-likeness (QED) is 0.233. The van der Waals surface area contributed by atoms with E-state index in [2.05, 4.69) is 49.0 Å². The average molecular weight is 492 g/mol. The number of H-pyrrole nitrogens is 1. The first-order chi connectivity index (χ1) is 17.2. The van der Waals surface area contributed by atoms with E-state index in [1.807, 2.05) is 55.5 Å². The SMILES string of the molecule is CC(=[NH+]CCC(C)C)\C(=C/C=C/C=C/C=C/c1c(C)[nH]c2ccccc12)c1cccc(C(F)(F)F)c1. The van der Waals surface area contributed by atoms with Crippen molar-refractivity contribution >= 4 is 28.3 Å². The lowest BCUT2D eigenvalue weighted by Crippen LogP contribution is -2.72. The maximum Gasteiger partial charge on any atom is 0.416 e. The number of benzene rings is 2. The Bertz CT molecular complexity index is 1320. The molecule has 0 aliphatic rings. The third kappa shape index (κ3) is 7.45. The standard InChI is InChI=1S/C31H33F3N2/c1-22(2)19-20-35-23(3)27(25-13-12-14-26(21-25)31(32,33)34)15-8-6-5-7-9-16-28-24(4)36-30-18-11-10-17-29(28)30/h5-18,21-22,36H,19-20H2,1-4H3/p+1/b7-5+,8-6+,16-9+,27-15+,35-23?. The molecule has 1 heterocycles. The highest BCUT2D eigenvalue weighted by atomic mass is 19.4. The molecule has 2 aromatic carbocycles. The predicted octanol–water partition coefficient (Wildman–Crippen LogP) is 7.29. The fourth-order valence-corrected chi connectivity index (χ4v) is 3.95. The van der Waals surface area contributed by atoms with Gasteiger partial charge in [-0.05, 0) is 42.7 Å². The molecule has 0 aliphatic carbocycles. The molecule has 0 unspecified atom stereocenters. The lowest BCUT2D eigenvalue weighted by atomic mass is 9.99. The van der Waals surface area contributed by atoms with Gasteiger partial charge in [0.25, 0.3) is 0 Å². The summed E-state index contributed by atoms with van der Waals surface area (Å²) in [5.41, 5.74) is 4.84. The van der Waals surface area contributed by atoms with Gasteiger partial charge in [0.15, 0.2) is 5.71 Å². The fraction of sp³-hybridized carbons (Fsp3) is 0.258. The van der Waals surface area contributed by atoms with Gasteiger partial charge in [0, 0.05) is 41.1 Å². The van der Waals surface area contributed by atoms with E-state index in [4.69, 9.17) is 0 Å². The van der Waals surface area contributed by atoms with Crippen LogP contribution in [0.3, 0.4) is 0 Å². The fourth-order valence-electron chi connectivity index (χ4n) is 3.95. The molecular formula is C31H34F3N2+. The maximum atomic E-state index is 13.3. The molecule has 36 heavy (non-hydrogen) atoms. The molecule has 0 aliphatic heterocycles. The Morgan fingerprint density at radius 2 is 1.69 bits per heavy atom. The van der Waals surface area contributed by atoms with Gasteiger partial charge in [-0.25, -0.2) is 4.99 Å². The number of aryl methyl sites for hydroxylation is 1. The molecule has 0 saturated heterocycles. The summed E-state index contributed by atoms with van der Waals surface area (Å²) in [5, 5.41) is 1.18. The Hall–Kier alpha value is -3.60. The lowest BCUT2D eigenvalue weighted by Gasteiger charge is -2.10. The van der Waals surface area contributed by atoms with Crippen molar-refractivity contribution in [3.05, 3.63) is 107 Å². The Balaban J connectivity index is 1.80. The van der Waals surface area contributed by atoms with Gasteiger partial charge in [-0.1, -0.05) is 80.6 Å². The normalized spacial score (nSPS) is 13.9. The second-order valence-corrected chi connectivity index (χ2v) is 9.23. The third-order valence-corrected chi connectivity index (χ3v) is 5.93. The molecule has 0 amide bonds. The van der Waals surface area contributed by atoms with Crippen molar-refractivity contribution in [3.8, 4) is 0 Å². The van der Waals surface area contributed by atoms with Gasteiger partial charge >= 0.3 is 6.18 Å². The van der Waals surface area contributed by atoms with E-state index in [1.54, 1.807) is 6.07 Å². The van der Waals surface area contributed by atoms with Crippen LogP contribution in [0.25, 0.3) is 22.6 Å². The van der Waals surface area contributed by atoms with Gasteiger partial charge in [-0.2, -0.15) is 13.2 Å². The number of hydrogen-bond acceptors (Lipinski definition) is 0. The van der Waals surface area contributed by atoms with Gasteiger partial charge in [0.2, 0.25) is 0 Å². The van der Waals surface area contributed by atoms with Crippen molar-refractivity contribution in [1.29, 1.82) is 0 Å². The van der Waals surface area contributed by atoms with Crippen LogP contribution in [0.4, 0.5) is 13.2 Å². The molecule has 0 bridgehead atoms. The van der Waals surface area contributed by atoms with Gasteiger partial charge in [0.05, 0.1) is 5.56 Å². The second-order valence-electron chi connectivity index (χ2n) is 9.23. The van der Waals surface area contributed by atoms with Crippen LogP contribution in [0.1, 0.15) is 49.6 Å². The van der Waals surface area contributed by atoms with E-state index in [-0.39, 0.29) is 0 Å². The minimum absolute atomic E-state index is 0.530. The molecule has 2 N–H and O–H groups in total. The van der Waals surface area contributed by atoms with Gasteiger partial charge < -0.3 is 4.98 Å². The number of nitrogens with one attached hydrogen (secondary N) is 2. The Kier molecular flexibility index (Phi) is 9.29. The molecule has 188 valence electrons. The van der Waals surface area contributed by atoms with E-state index >= 15 is 0 Å². The minimum atomic E-state index is -4.38. The number of rotatable bonds is 9. The summed E-state index contributed by atoms with van der Waals surface area (Å²) in [6, 6.07) is 13.7. The van der Waals surface area contributed by atoms with Crippen LogP contribution in [0.5, 0.6) is 0 Å². The molecule has 3 rings (SSSR count). The molecule has 3 aromatic rings. The van der Waals surface area contributed by atoms with Crippen molar-refractivity contribution in [3.63, 3.8) is 0 Å². The molecule has 0 fully saturated rings. The monoisotopic (exact) mass is 491 g/mol. The van der Waals surface area contributed by atoms with Crippen LogP contribution >= 0.6 is 0 Å². The summed E-state index contributed by atoms with van der Waals surface area (Å²) in [7, 11) is 0.